The molecule has 0 spiro atoms. The number of phenolic OH excluding ortho intramolecular Hbond substituents is 1. The number of aromatic hydroxyl groups is 1. The van der Waals surface area contributed by atoms with Gasteiger partial charge in [-0.25, -0.2) is 4.98 Å². The second-order valence-electron chi connectivity index (χ2n) is 6.46. The molecular weight excluding hydrogens is 360 g/mol. The minimum absolute atomic E-state index is 0.375. The first-order chi connectivity index (χ1) is 12.9. The Morgan fingerprint density at radius 3 is 2.56 bits per heavy atom. The summed E-state index contributed by atoms with van der Waals surface area (Å²) in [5.74, 6) is 0.384. The van der Waals surface area contributed by atoms with Crippen LogP contribution in [0.3, 0.4) is 0 Å². The van der Waals surface area contributed by atoms with Crippen molar-refractivity contribution < 1.29 is 14.6 Å². The normalized spacial score (nSPS) is 15.6. The summed E-state index contributed by atoms with van der Waals surface area (Å²) in [6, 6.07) is 11.7. The maximum atomic E-state index is 9.10. The van der Waals surface area contributed by atoms with E-state index in [4.69, 9.17) is 20.3 Å². The number of ether oxygens (including phenoxy) is 2. The number of nitrogen functional groups attached to an aromatic ring is 1. The molecule has 1 saturated heterocycles. The first-order valence-electron chi connectivity index (χ1n) is 8.89. The average Bonchev–Trinajstić information content (AvgIpc) is 3.29. The zero-order chi connectivity index (χ0) is 19.8. The summed E-state index contributed by atoms with van der Waals surface area (Å²) in [6.45, 7) is 7.60. The van der Waals surface area contributed by atoms with Crippen LogP contribution in [0.2, 0.25) is 0 Å². The van der Waals surface area contributed by atoms with Gasteiger partial charge in [-0.1, -0.05) is 29.5 Å². The van der Waals surface area contributed by atoms with Crippen LogP contribution in [0.15, 0.2) is 36.4 Å². The second-order valence-corrected chi connectivity index (χ2v) is 7.53. The van der Waals surface area contributed by atoms with Crippen LogP contribution in [0.25, 0.3) is 10.2 Å². The zero-order valence-corrected chi connectivity index (χ0v) is 17.2. The van der Waals surface area contributed by atoms with Crippen molar-refractivity contribution in [2.24, 2.45) is 0 Å². The van der Waals surface area contributed by atoms with Gasteiger partial charge in [-0.05, 0) is 62.1 Å². The molecule has 27 heavy (non-hydrogen) atoms. The van der Waals surface area contributed by atoms with Crippen LogP contribution in [0.1, 0.15) is 23.1 Å². The van der Waals surface area contributed by atoms with Gasteiger partial charge >= 0.3 is 0 Å². The molecule has 0 saturated carbocycles. The number of nitrogens with zero attached hydrogens (tertiary/aromatic N) is 1. The number of hydrogen-bond donors (Lipinski definition) is 2. The SMILES string of the molecule is CO[C@H]1CCOC1.Cc1ccc2sc(N)nc2c1.Cc1cccc(O)c1C. The van der Waals surface area contributed by atoms with Gasteiger partial charge < -0.3 is 20.3 Å². The number of hydrogen-bond acceptors (Lipinski definition) is 6. The van der Waals surface area contributed by atoms with E-state index in [0.717, 1.165) is 41.0 Å². The molecule has 1 fully saturated rings. The molecule has 0 bridgehead atoms. The number of rotatable bonds is 1. The van der Waals surface area contributed by atoms with Crippen molar-refractivity contribution in [3.05, 3.63) is 53.1 Å². The van der Waals surface area contributed by atoms with Crippen LogP contribution in [0.4, 0.5) is 5.13 Å². The molecule has 4 rings (SSSR count). The summed E-state index contributed by atoms with van der Waals surface area (Å²) in [6.07, 6.45) is 1.44. The maximum absolute atomic E-state index is 9.10. The van der Waals surface area contributed by atoms with Crippen molar-refractivity contribution in [1.29, 1.82) is 0 Å². The largest absolute Gasteiger partial charge is 0.508 e. The smallest absolute Gasteiger partial charge is 0.181 e. The van der Waals surface area contributed by atoms with Crippen molar-refractivity contribution >= 4 is 26.7 Å². The van der Waals surface area contributed by atoms with Crippen molar-refractivity contribution in [3.8, 4) is 5.75 Å². The van der Waals surface area contributed by atoms with Crippen LogP contribution in [-0.4, -0.2) is 36.5 Å². The Morgan fingerprint density at radius 1 is 1.22 bits per heavy atom. The molecule has 3 aromatic rings. The van der Waals surface area contributed by atoms with E-state index in [-0.39, 0.29) is 0 Å². The third kappa shape index (κ3) is 6.50. The summed E-state index contributed by atoms with van der Waals surface area (Å²) >= 11 is 1.53. The third-order valence-corrected chi connectivity index (χ3v) is 5.22. The molecule has 6 heteroatoms. The standard InChI is InChI=1S/C8H8N2S.C8H10O.C5H10O2/c1-5-2-3-7-6(4-5)10-8(9)11-7;1-6-4-3-5-8(9)7(6)2;1-6-5-2-3-7-4-5/h2-4H,1H3,(H2,9,10);3-5,9H,1-2H3;5H,2-4H2,1H3/t;;5-/m..0/s1. The topological polar surface area (TPSA) is 77.6 Å². The number of phenols is 1. The second kappa shape index (κ2) is 10.3. The van der Waals surface area contributed by atoms with Crippen molar-refractivity contribution in [2.45, 2.75) is 33.3 Å². The van der Waals surface area contributed by atoms with E-state index in [9.17, 15) is 0 Å². The van der Waals surface area contributed by atoms with E-state index in [1.807, 2.05) is 32.0 Å². The van der Waals surface area contributed by atoms with E-state index >= 15 is 0 Å². The number of anilines is 1. The summed E-state index contributed by atoms with van der Waals surface area (Å²) < 4.78 is 11.2. The zero-order valence-electron chi connectivity index (χ0n) is 16.4. The molecule has 1 aliphatic heterocycles. The number of aryl methyl sites for hydroxylation is 2. The van der Waals surface area contributed by atoms with Gasteiger partial charge in [-0.2, -0.15) is 0 Å². The predicted molar refractivity (Wildman–Crippen MR) is 113 cm³/mol. The lowest BCUT2D eigenvalue weighted by Gasteiger charge is -2.00. The van der Waals surface area contributed by atoms with Gasteiger partial charge in [-0.15, -0.1) is 0 Å². The number of fused-ring (bicyclic) bond motifs is 1. The van der Waals surface area contributed by atoms with Crippen LogP contribution in [0, 0.1) is 20.8 Å². The molecule has 2 aromatic carbocycles. The van der Waals surface area contributed by atoms with Gasteiger partial charge in [0.25, 0.3) is 0 Å². The lowest BCUT2D eigenvalue weighted by atomic mass is 10.1. The van der Waals surface area contributed by atoms with E-state index in [2.05, 4.69) is 24.0 Å². The lowest BCUT2D eigenvalue weighted by molar-refractivity contribution is 0.0822. The molecule has 0 radical (unpaired) electrons. The molecular formula is C21H28N2O3S. The van der Waals surface area contributed by atoms with Gasteiger partial charge in [0.05, 0.1) is 22.9 Å². The number of nitrogens with two attached hydrogens (primary N) is 1. The minimum atomic E-state index is 0.375. The molecule has 2 heterocycles. The van der Waals surface area contributed by atoms with Gasteiger partial charge in [0, 0.05) is 13.7 Å². The average molecular weight is 389 g/mol. The van der Waals surface area contributed by atoms with Gasteiger partial charge in [0.2, 0.25) is 0 Å². The molecule has 1 aliphatic rings. The molecule has 5 nitrogen and oxygen atoms in total. The molecule has 0 unspecified atom stereocenters. The fourth-order valence-electron chi connectivity index (χ4n) is 2.49. The monoisotopic (exact) mass is 388 g/mol. The quantitative estimate of drug-likeness (QED) is 0.636. The van der Waals surface area contributed by atoms with Gasteiger partial charge in [0.15, 0.2) is 5.13 Å². The van der Waals surface area contributed by atoms with E-state index in [1.54, 1.807) is 13.2 Å². The van der Waals surface area contributed by atoms with Gasteiger partial charge in [-0.3, -0.25) is 0 Å². The van der Waals surface area contributed by atoms with Crippen molar-refractivity contribution in [3.63, 3.8) is 0 Å². The number of benzene rings is 2. The highest BCUT2D eigenvalue weighted by Gasteiger charge is 2.12. The van der Waals surface area contributed by atoms with E-state index in [1.165, 1.54) is 16.9 Å². The summed E-state index contributed by atoms with van der Waals surface area (Å²) in [7, 11) is 1.72. The maximum Gasteiger partial charge on any atom is 0.181 e. The van der Waals surface area contributed by atoms with Crippen LogP contribution < -0.4 is 5.73 Å². The number of aromatic nitrogens is 1. The minimum Gasteiger partial charge on any atom is -0.508 e. The molecule has 0 amide bonds. The molecule has 3 N–H and O–H groups in total. The summed E-state index contributed by atoms with van der Waals surface area (Å²) in [5.41, 5.74) is 9.88. The number of methoxy groups -OCH3 is 1. The fourth-order valence-corrected chi connectivity index (χ4v) is 3.20. The first kappa shape index (κ1) is 21.2. The predicted octanol–water partition coefficient (Wildman–Crippen LogP) is 4.62. The molecule has 146 valence electrons. The van der Waals surface area contributed by atoms with Crippen LogP contribution in [0.5, 0.6) is 5.75 Å². The van der Waals surface area contributed by atoms with Crippen molar-refractivity contribution in [2.75, 3.05) is 26.1 Å². The van der Waals surface area contributed by atoms with Crippen molar-refractivity contribution in [1.82, 2.24) is 4.98 Å². The molecule has 1 aromatic heterocycles. The van der Waals surface area contributed by atoms with E-state index in [0.29, 0.717) is 17.0 Å². The Labute approximate surface area is 164 Å². The highest BCUT2D eigenvalue weighted by molar-refractivity contribution is 7.22. The Kier molecular flexibility index (Phi) is 8.03. The number of thiazole rings is 1. The highest BCUT2D eigenvalue weighted by atomic mass is 32.1. The summed E-state index contributed by atoms with van der Waals surface area (Å²) in [4.78, 5) is 4.17. The Bertz CT molecular complexity index is 838. The Hall–Kier alpha value is -2.15. The van der Waals surface area contributed by atoms with Crippen LogP contribution in [-0.2, 0) is 9.47 Å². The summed E-state index contributed by atoms with van der Waals surface area (Å²) in [5, 5.41) is 9.74. The third-order valence-electron chi connectivity index (χ3n) is 4.36. The first-order valence-corrected chi connectivity index (χ1v) is 9.70. The Balaban J connectivity index is 0.000000149. The molecule has 1 atom stereocenters. The fraction of sp³-hybridized carbons (Fsp3) is 0.381. The van der Waals surface area contributed by atoms with E-state index < -0.39 is 0 Å². The highest BCUT2D eigenvalue weighted by Crippen LogP contribution is 2.23. The van der Waals surface area contributed by atoms with Gasteiger partial charge in [0.1, 0.15) is 5.75 Å². The molecule has 0 aliphatic carbocycles. The Morgan fingerprint density at radius 2 is 2.00 bits per heavy atom. The van der Waals surface area contributed by atoms with Crippen LogP contribution >= 0.6 is 11.3 Å². The lowest BCUT2D eigenvalue weighted by Crippen LogP contribution is -2.07.